The van der Waals surface area contributed by atoms with E-state index in [9.17, 15) is 5.11 Å². The van der Waals surface area contributed by atoms with Crippen LogP contribution in [-0.2, 0) is 4.74 Å². The molecular weight excluding hydrogens is 128 g/mol. The van der Waals surface area contributed by atoms with E-state index in [0.717, 1.165) is 19.3 Å². The maximum absolute atomic E-state index is 9.25. The van der Waals surface area contributed by atoms with Crippen LogP contribution < -0.4 is 0 Å². The molecule has 0 heterocycles. The van der Waals surface area contributed by atoms with E-state index in [0.29, 0.717) is 12.0 Å². The molecule has 0 aromatic carbocycles. The minimum atomic E-state index is -0.116. The van der Waals surface area contributed by atoms with Gasteiger partial charge in [0, 0.05) is 7.11 Å². The molecule has 1 unspecified atom stereocenters. The van der Waals surface area contributed by atoms with Crippen LogP contribution in [0.15, 0.2) is 0 Å². The highest BCUT2D eigenvalue weighted by atomic mass is 16.5. The summed E-state index contributed by atoms with van der Waals surface area (Å²) in [6.07, 6.45) is 3.06. The SMILES string of the molecule is CC[C@@H]1C[C@H](O)CC1OC. The van der Waals surface area contributed by atoms with Gasteiger partial charge in [0.15, 0.2) is 0 Å². The first-order valence-electron chi connectivity index (χ1n) is 3.98. The number of hydrogen-bond donors (Lipinski definition) is 1. The Labute approximate surface area is 62.2 Å². The van der Waals surface area contributed by atoms with Crippen LogP contribution in [0.25, 0.3) is 0 Å². The fourth-order valence-corrected chi connectivity index (χ4v) is 1.78. The molecule has 1 rings (SSSR count). The molecule has 2 heteroatoms. The molecule has 0 aromatic heterocycles. The van der Waals surface area contributed by atoms with E-state index in [1.807, 2.05) is 0 Å². The van der Waals surface area contributed by atoms with Crippen LogP contribution in [0.5, 0.6) is 0 Å². The summed E-state index contributed by atoms with van der Waals surface area (Å²) < 4.78 is 5.23. The first-order chi connectivity index (χ1) is 4.77. The van der Waals surface area contributed by atoms with Gasteiger partial charge in [-0.2, -0.15) is 0 Å². The lowest BCUT2D eigenvalue weighted by Gasteiger charge is -2.14. The average Bonchev–Trinajstić information content (AvgIpc) is 2.30. The van der Waals surface area contributed by atoms with Gasteiger partial charge in [-0.1, -0.05) is 13.3 Å². The van der Waals surface area contributed by atoms with Crippen molar-refractivity contribution in [3.63, 3.8) is 0 Å². The molecule has 0 amide bonds. The van der Waals surface area contributed by atoms with Crippen molar-refractivity contribution in [1.29, 1.82) is 0 Å². The van der Waals surface area contributed by atoms with Crippen molar-refractivity contribution < 1.29 is 9.84 Å². The smallest absolute Gasteiger partial charge is 0.0624 e. The summed E-state index contributed by atoms with van der Waals surface area (Å²) in [4.78, 5) is 0. The minimum absolute atomic E-state index is 0.116. The quantitative estimate of drug-likeness (QED) is 0.630. The maximum Gasteiger partial charge on any atom is 0.0624 e. The first kappa shape index (κ1) is 8.02. The fourth-order valence-electron chi connectivity index (χ4n) is 1.78. The van der Waals surface area contributed by atoms with Gasteiger partial charge in [0.25, 0.3) is 0 Å². The van der Waals surface area contributed by atoms with Gasteiger partial charge < -0.3 is 9.84 Å². The van der Waals surface area contributed by atoms with Gasteiger partial charge in [-0.15, -0.1) is 0 Å². The van der Waals surface area contributed by atoms with Crippen LogP contribution in [-0.4, -0.2) is 24.4 Å². The molecule has 0 saturated heterocycles. The highest BCUT2D eigenvalue weighted by molar-refractivity contribution is 4.82. The van der Waals surface area contributed by atoms with Crippen LogP contribution >= 0.6 is 0 Å². The summed E-state index contributed by atoms with van der Waals surface area (Å²) in [5.74, 6) is 0.583. The number of rotatable bonds is 2. The van der Waals surface area contributed by atoms with Gasteiger partial charge in [0.05, 0.1) is 12.2 Å². The number of methoxy groups -OCH3 is 1. The predicted octanol–water partition coefficient (Wildman–Crippen LogP) is 1.18. The fraction of sp³-hybridized carbons (Fsp3) is 1.00. The molecule has 0 spiro atoms. The third kappa shape index (κ3) is 1.50. The van der Waals surface area contributed by atoms with Crippen LogP contribution in [0.4, 0.5) is 0 Å². The lowest BCUT2D eigenvalue weighted by atomic mass is 10.0. The first-order valence-corrected chi connectivity index (χ1v) is 3.98. The molecule has 60 valence electrons. The van der Waals surface area contributed by atoms with E-state index in [4.69, 9.17) is 4.74 Å². The largest absolute Gasteiger partial charge is 0.393 e. The Balaban J connectivity index is 2.41. The zero-order valence-corrected chi connectivity index (χ0v) is 6.71. The molecule has 1 fully saturated rings. The number of aliphatic hydroxyl groups excluding tert-OH is 1. The topological polar surface area (TPSA) is 29.5 Å². The summed E-state index contributed by atoms with van der Waals surface area (Å²) in [6.45, 7) is 2.15. The van der Waals surface area contributed by atoms with E-state index in [1.54, 1.807) is 7.11 Å². The molecule has 0 bridgehead atoms. The van der Waals surface area contributed by atoms with Crippen molar-refractivity contribution in [3.8, 4) is 0 Å². The molecule has 1 N–H and O–H groups in total. The standard InChI is InChI=1S/C8H16O2/c1-3-6-4-7(9)5-8(6)10-2/h6-9H,3-5H2,1-2H3/t6-,7+,8?/m1/s1. The second-order valence-electron chi connectivity index (χ2n) is 3.07. The van der Waals surface area contributed by atoms with Crippen LogP contribution in [0.1, 0.15) is 26.2 Å². The van der Waals surface area contributed by atoms with E-state index in [2.05, 4.69) is 6.92 Å². The van der Waals surface area contributed by atoms with Crippen LogP contribution in [0, 0.1) is 5.92 Å². The van der Waals surface area contributed by atoms with Crippen molar-refractivity contribution in [2.24, 2.45) is 5.92 Å². The van der Waals surface area contributed by atoms with E-state index >= 15 is 0 Å². The Morgan fingerprint density at radius 2 is 2.20 bits per heavy atom. The molecule has 0 aliphatic heterocycles. The van der Waals surface area contributed by atoms with Crippen molar-refractivity contribution >= 4 is 0 Å². The second-order valence-corrected chi connectivity index (χ2v) is 3.07. The normalized spacial score (nSPS) is 40.5. The molecule has 3 atom stereocenters. The van der Waals surface area contributed by atoms with Gasteiger partial charge in [-0.25, -0.2) is 0 Å². The Hall–Kier alpha value is -0.0800. The Morgan fingerprint density at radius 1 is 1.50 bits per heavy atom. The summed E-state index contributed by atoms with van der Waals surface area (Å²) in [5, 5.41) is 9.25. The Bertz CT molecular complexity index is 91.4. The third-order valence-corrected chi connectivity index (χ3v) is 2.43. The number of ether oxygens (including phenoxy) is 1. The van der Waals surface area contributed by atoms with Gasteiger partial charge >= 0.3 is 0 Å². The van der Waals surface area contributed by atoms with E-state index in [1.165, 1.54) is 0 Å². The predicted molar refractivity (Wildman–Crippen MR) is 39.8 cm³/mol. The molecule has 0 aromatic rings. The maximum atomic E-state index is 9.25. The molecule has 1 saturated carbocycles. The molecule has 1 aliphatic carbocycles. The lowest BCUT2D eigenvalue weighted by Crippen LogP contribution is -2.15. The molecule has 1 aliphatic rings. The molecule has 10 heavy (non-hydrogen) atoms. The van der Waals surface area contributed by atoms with Gasteiger partial charge in [0.1, 0.15) is 0 Å². The van der Waals surface area contributed by atoms with Crippen molar-refractivity contribution in [3.05, 3.63) is 0 Å². The van der Waals surface area contributed by atoms with Gasteiger partial charge in [-0.05, 0) is 18.8 Å². The minimum Gasteiger partial charge on any atom is -0.393 e. The summed E-state index contributed by atoms with van der Waals surface area (Å²) >= 11 is 0. The summed E-state index contributed by atoms with van der Waals surface area (Å²) in [6, 6.07) is 0. The van der Waals surface area contributed by atoms with E-state index in [-0.39, 0.29) is 6.10 Å². The monoisotopic (exact) mass is 144 g/mol. The Kier molecular flexibility index (Phi) is 2.69. The molecule has 2 nitrogen and oxygen atoms in total. The summed E-state index contributed by atoms with van der Waals surface area (Å²) in [7, 11) is 1.73. The number of aliphatic hydroxyl groups is 1. The van der Waals surface area contributed by atoms with Crippen molar-refractivity contribution in [2.45, 2.75) is 38.4 Å². The average molecular weight is 144 g/mol. The van der Waals surface area contributed by atoms with Crippen LogP contribution in [0.3, 0.4) is 0 Å². The van der Waals surface area contributed by atoms with E-state index < -0.39 is 0 Å². The highest BCUT2D eigenvalue weighted by Gasteiger charge is 2.31. The lowest BCUT2D eigenvalue weighted by molar-refractivity contribution is 0.0635. The van der Waals surface area contributed by atoms with Gasteiger partial charge in [0.2, 0.25) is 0 Å². The van der Waals surface area contributed by atoms with Crippen molar-refractivity contribution in [1.82, 2.24) is 0 Å². The number of hydrogen-bond acceptors (Lipinski definition) is 2. The molecule has 0 radical (unpaired) electrons. The second kappa shape index (κ2) is 3.35. The molecular formula is C8H16O2. The zero-order chi connectivity index (χ0) is 7.56. The third-order valence-electron chi connectivity index (χ3n) is 2.43. The van der Waals surface area contributed by atoms with Crippen molar-refractivity contribution in [2.75, 3.05) is 7.11 Å². The van der Waals surface area contributed by atoms with Gasteiger partial charge in [-0.3, -0.25) is 0 Å². The highest BCUT2D eigenvalue weighted by Crippen LogP contribution is 2.30. The Morgan fingerprint density at radius 3 is 2.60 bits per heavy atom. The zero-order valence-electron chi connectivity index (χ0n) is 6.71. The van der Waals surface area contributed by atoms with Crippen LogP contribution in [0.2, 0.25) is 0 Å². The summed E-state index contributed by atoms with van der Waals surface area (Å²) in [5.41, 5.74) is 0.